The highest BCUT2D eigenvalue weighted by Crippen LogP contribution is 2.35. The number of hydrogen-bond donors (Lipinski definition) is 1. The molecule has 1 fully saturated rings. The molecule has 0 amide bonds. The Morgan fingerprint density at radius 1 is 1.15 bits per heavy atom. The van der Waals surface area contributed by atoms with Gasteiger partial charge in [-0.3, -0.25) is 0 Å². The Hall–Kier alpha value is -0.0400. The van der Waals surface area contributed by atoms with E-state index < -0.39 is 0 Å². The zero-order chi connectivity index (χ0) is 9.90. The largest absolute Gasteiger partial charge is 0.315 e. The van der Waals surface area contributed by atoms with Gasteiger partial charge in [0.2, 0.25) is 0 Å². The maximum atomic E-state index is 3.44. The molecule has 1 heteroatoms. The minimum Gasteiger partial charge on any atom is -0.315 e. The molecule has 78 valence electrons. The Labute approximate surface area is 83.3 Å². The van der Waals surface area contributed by atoms with Gasteiger partial charge in [-0.15, -0.1) is 0 Å². The maximum Gasteiger partial charge on any atom is 0.0150 e. The van der Waals surface area contributed by atoms with Gasteiger partial charge in [-0.25, -0.2) is 0 Å². The van der Waals surface area contributed by atoms with E-state index in [9.17, 15) is 0 Å². The molecule has 0 aliphatic heterocycles. The van der Waals surface area contributed by atoms with Crippen LogP contribution in [0.3, 0.4) is 0 Å². The molecule has 13 heavy (non-hydrogen) atoms. The predicted molar refractivity (Wildman–Crippen MR) is 58.9 cm³/mol. The van der Waals surface area contributed by atoms with E-state index in [-0.39, 0.29) is 0 Å². The molecule has 0 aromatic carbocycles. The van der Waals surface area contributed by atoms with Gasteiger partial charge in [0.05, 0.1) is 0 Å². The van der Waals surface area contributed by atoms with E-state index in [1.54, 1.807) is 0 Å². The molecule has 1 rings (SSSR count). The van der Waals surface area contributed by atoms with E-state index >= 15 is 0 Å². The molecule has 0 bridgehead atoms. The van der Waals surface area contributed by atoms with Gasteiger partial charge >= 0.3 is 0 Å². The van der Waals surface area contributed by atoms with Crippen LogP contribution < -0.4 is 5.32 Å². The Morgan fingerprint density at radius 2 is 1.69 bits per heavy atom. The summed E-state index contributed by atoms with van der Waals surface area (Å²) in [6.07, 6.45) is 7.27. The van der Waals surface area contributed by atoms with Gasteiger partial charge in [-0.1, -0.05) is 39.0 Å². The Balaban J connectivity index is 2.49. The van der Waals surface area contributed by atoms with Gasteiger partial charge in [0.25, 0.3) is 0 Å². The van der Waals surface area contributed by atoms with Gasteiger partial charge in [-0.05, 0) is 32.7 Å². The topological polar surface area (TPSA) is 12.0 Å². The zero-order valence-electron chi connectivity index (χ0n) is 9.69. The highest BCUT2D eigenvalue weighted by molar-refractivity contribution is 4.87. The zero-order valence-corrected chi connectivity index (χ0v) is 9.69. The summed E-state index contributed by atoms with van der Waals surface area (Å²) in [4.78, 5) is 0. The highest BCUT2D eigenvalue weighted by Gasteiger charge is 2.31. The molecule has 0 aromatic rings. The van der Waals surface area contributed by atoms with Crippen molar-refractivity contribution in [3.63, 3.8) is 0 Å². The average molecular weight is 183 g/mol. The standard InChI is InChI=1S/C12H25N/c1-10(12(2,3)13-4)11-8-6-5-7-9-11/h10-11,13H,5-9H2,1-4H3. The third kappa shape index (κ3) is 2.70. The average Bonchev–Trinajstić information content (AvgIpc) is 2.18. The van der Waals surface area contributed by atoms with Crippen molar-refractivity contribution in [2.24, 2.45) is 11.8 Å². The summed E-state index contributed by atoms with van der Waals surface area (Å²) in [5.41, 5.74) is 0.308. The van der Waals surface area contributed by atoms with Crippen LogP contribution in [0.2, 0.25) is 0 Å². The number of nitrogens with one attached hydrogen (secondary N) is 1. The second-order valence-corrected chi connectivity index (χ2v) is 5.16. The molecule has 0 radical (unpaired) electrons. The summed E-state index contributed by atoms with van der Waals surface area (Å²) >= 11 is 0. The molecule has 1 saturated carbocycles. The monoisotopic (exact) mass is 183 g/mol. The Bertz CT molecular complexity index is 145. The van der Waals surface area contributed by atoms with E-state index in [1.807, 2.05) is 0 Å². The first-order chi connectivity index (χ1) is 6.08. The van der Waals surface area contributed by atoms with Crippen molar-refractivity contribution in [2.75, 3.05) is 7.05 Å². The Morgan fingerprint density at radius 3 is 2.15 bits per heavy atom. The van der Waals surface area contributed by atoms with Crippen LogP contribution in [0.4, 0.5) is 0 Å². The first kappa shape index (κ1) is 11.0. The van der Waals surface area contributed by atoms with E-state index in [1.165, 1.54) is 32.1 Å². The second-order valence-electron chi connectivity index (χ2n) is 5.16. The van der Waals surface area contributed by atoms with E-state index in [2.05, 4.69) is 33.1 Å². The van der Waals surface area contributed by atoms with Gasteiger partial charge in [0.1, 0.15) is 0 Å². The van der Waals surface area contributed by atoms with Crippen LogP contribution in [-0.2, 0) is 0 Å². The third-order valence-corrected chi connectivity index (χ3v) is 4.14. The van der Waals surface area contributed by atoms with E-state index in [0.717, 1.165) is 11.8 Å². The van der Waals surface area contributed by atoms with Crippen molar-refractivity contribution in [1.29, 1.82) is 0 Å². The van der Waals surface area contributed by atoms with Crippen LogP contribution in [0.5, 0.6) is 0 Å². The van der Waals surface area contributed by atoms with Crippen molar-refractivity contribution < 1.29 is 0 Å². The van der Waals surface area contributed by atoms with Gasteiger partial charge in [0, 0.05) is 5.54 Å². The third-order valence-electron chi connectivity index (χ3n) is 4.14. The van der Waals surface area contributed by atoms with Crippen LogP contribution in [-0.4, -0.2) is 12.6 Å². The van der Waals surface area contributed by atoms with Crippen molar-refractivity contribution in [3.05, 3.63) is 0 Å². The number of hydrogen-bond acceptors (Lipinski definition) is 1. The molecular weight excluding hydrogens is 158 g/mol. The predicted octanol–water partition coefficient (Wildman–Crippen LogP) is 3.20. The SMILES string of the molecule is CNC(C)(C)C(C)C1CCCCC1. The van der Waals surface area contributed by atoms with Gasteiger partial charge in [0.15, 0.2) is 0 Å². The number of rotatable bonds is 3. The lowest BCUT2D eigenvalue weighted by Gasteiger charge is -2.39. The summed E-state index contributed by atoms with van der Waals surface area (Å²) in [6, 6.07) is 0. The lowest BCUT2D eigenvalue weighted by atomic mass is 9.73. The van der Waals surface area contributed by atoms with Crippen LogP contribution in [0.15, 0.2) is 0 Å². The minimum atomic E-state index is 0.308. The molecule has 1 atom stereocenters. The summed E-state index contributed by atoms with van der Waals surface area (Å²) in [5, 5.41) is 3.44. The fraction of sp³-hybridized carbons (Fsp3) is 1.00. The normalized spacial score (nSPS) is 23.1. The van der Waals surface area contributed by atoms with Crippen molar-refractivity contribution in [3.8, 4) is 0 Å². The Kier molecular flexibility index (Phi) is 3.78. The molecule has 1 nitrogen and oxygen atoms in total. The summed E-state index contributed by atoms with van der Waals surface area (Å²) < 4.78 is 0. The fourth-order valence-corrected chi connectivity index (χ4v) is 2.45. The van der Waals surface area contributed by atoms with Crippen molar-refractivity contribution >= 4 is 0 Å². The molecule has 0 spiro atoms. The first-order valence-electron chi connectivity index (χ1n) is 5.77. The molecule has 1 N–H and O–H groups in total. The summed E-state index contributed by atoms with van der Waals surface area (Å²) in [5.74, 6) is 1.76. The van der Waals surface area contributed by atoms with Crippen LogP contribution in [0.25, 0.3) is 0 Å². The van der Waals surface area contributed by atoms with Crippen molar-refractivity contribution in [1.82, 2.24) is 5.32 Å². The van der Waals surface area contributed by atoms with Crippen LogP contribution >= 0.6 is 0 Å². The molecule has 0 saturated heterocycles. The van der Waals surface area contributed by atoms with Crippen LogP contribution in [0, 0.1) is 11.8 Å². The van der Waals surface area contributed by atoms with Gasteiger partial charge in [-0.2, -0.15) is 0 Å². The van der Waals surface area contributed by atoms with E-state index in [4.69, 9.17) is 0 Å². The molecule has 1 aliphatic carbocycles. The maximum absolute atomic E-state index is 3.44. The molecule has 1 aliphatic rings. The first-order valence-corrected chi connectivity index (χ1v) is 5.77. The van der Waals surface area contributed by atoms with Gasteiger partial charge < -0.3 is 5.32 Å². The van der Waals surface area contributed by atoms with Crippen LogP contribution in [0.1, 0.15) is 52.9 Å². The molecule has 0 aromatic heterocycles. The minimum absolute atomic E-state index is 0.308. The molecule has 0 heterocycles. The summed E-state index contributed by atoms with van der Waals surface area (Å²) in [6.45, 7) is 7.06. The fourth-order valence-electron chi connectivity index (χ4n) is 2.45. The molecular formula is C12H25N. The van der Waals surface area contributed by atoms with E-state index in [0.29, 0.717) is 5.54 Å². The molecule has 1 unspecified atom stereocenters. The smallest absolute Gasteiger partial charge is 0.0150 e. The quantitative estimate of drug-likeness (QED) is 0.708. The summed E-state index contributed by atoms with van der Waals surface area (Å²) in [7, 11) is 2.08. The highest BCUT2D eigenvalue weighted by atomic mass is 14.9. The lowest BCUT2D eigenvalue weighted by molar-refractivity contribution is 0.164. The second kappa shape index (κ2) is 4.45. The van der Waals surface area contributed by atoms with Crippen molar-refractivity contribution in [2.45, 2.75) is 58.4 Å². The lowest BCUT2D eigenvalue weighted by Crippen LogP contribution is -2.46.